The van der Waals surface area contributed by atoms with Crippen molar-refractivity contribution in [1.29, 1.82) is 0 Å². The Morgan fingerprint density at radius 1 is 1.12 bits per heavy atom. The van der Waals surface area contributed by atoms with E-state index in [-0.39, 0.29) is 33.6 Å². The number of hydrazone groups is 1. The van der Waals surface area contributed by atoms with Crippen LogP contribution in [0.15, 0.2) is 69.1 Å². The summed E-state index contributed by atoms with van der Waals surface area (Å²) >= 11 is 15.2. The molecule has 0 aliphatic carbocycles. The zero-order chi connectivity index (χ0) is 24.9. The van der Waals surface area contributed by atoms with Gasteiger partial charge in [-0.15, -0.1) is 0 Å². The van der Waals surface area contributed by atoms with Crippen LogP contribution in [0.25, 0.3) is 0 Å². The fourth-order valence-electron chi connectivity index (χ4n) is 2.77. The molecular formula is C23H19BrCl2N2O5S. The van der Waals surface area contributed by atoms with E-state index in [1.54, 1.807) is 37.3 Å². The minimum atomic E-state index is -4.09. The molecule has 0 heterocycles. The van der Waals surface area contributed by atoms with Crippen LogP contribution in [-0.2, 0) is 10.1 Å². The summed E-state index contributed by atoms with van der Waals surface area (Å²) in [5.41, 5.74) is 4.02. The van der Waals surface area contributed by atoms with Gasteiger partial charge in [-0.25, -0.2) is 5.43 Å². The molecule has 0 aliphatic heterocycles. The van der Waals surface area contributed by atoms with Crippen molar-refractivity contribution in [2.45, 2.75) is 18.7 Å². The second-order valence-electron chi connectivity index (χ2n) is 6.94. The predicted molar refractivity (Wildman–Crippen MR) is 136 cm³/mol. The summed E-state index contributed by atoms with van der Waals surface area (Å²) in [5.74, 6) is -0.344. The summed E-state index contributed by atoms with van der Waals surface area (Å²) in [4.78, 5) is 12.3. The molecule has 0 saturated heterocycles. The lowest BCUT2D eigenvalue weighted by atomic mass is 10.2. The van der Waals surface area contributed by atoms with E-state index in [0.29, 0.717) is 15.1 Å². The van der Waals surface area contributed by atoms with Crippen LogP contribution < -0.4 is 14.3 Å². The number of carbonyl (C=O) groups excluding carboxylic acids is 1. The first-order valence-electron chi connectivity index (χ1n) is 9.86. The van der Waals surface area contributed by atoms with Crippen molar-refractivity contribution in [3.8, 4) is 11.5 Å². The molecule has 7 nitrogen and oxygen atoms in total. The van der Waals surface area contributed by atoms with E-state index in [9.17, 15) is 13.2 Å². The zero-order valence-corrected chi connectivity index (χ0v) is 21.9. The van der Waals surface area contributed by atoms with Crippen LogP contribution in [0.4, 0.5) is 0 Å². The highest BCUT2D eigenvalue weighted by molar-refractivity contribution is 9.10. The zero-order valence-electron chi connectivity index (χ0n) is 18.0. The third kappa shape index (κ3) is 6.50. The summed E-state index contributed by atoms with van der Waals surface area (Å²) in [6.45, 7) is 3.87. The Bertz CT molecular complexity index is 1350. The summed E-state index contributed by atoms with van der Waals surface area (Å²) in [5, 5.41) is 4.53. The number of nitrogens with one attached hydrogen (secondary N) is 1. The Morgan fingerprint density at radius 3 is 2.47 bits per heavy atom. The van der Waals surface area contributed by atoms with Crippen LogP contribution in [0.2, 0.25) is 10.0 Å². The normalized spacial score (nSPS) is 11.4. The van der Waals surface area contributed by atoms with Gasteiger partial charge in [0.2, 0.25) is 0 Å². The molecule has 0 spiro atoms. The highest BCUT2D eigenvalue weighted by Gasteiger charge is 2.22. The molecule has 1 N–H and O–H groups in total. The summed E-state index contributed by atoms with van der Waals surface area (Å²) in [6, 6.07) is 13.9. The number of ether oxygens (including phenoxy) is 1. The van der Waals surface area contributed by atoms with Crippen LogP contribution in [-0.4, -0.2) is 27.1 Å². The van der Waals surface area contributed by atoms with Crippen molar-refractivity contribution in [1.82, 2.24) is 5.43 Å². The van der Waals surface area contributed by atoms with Crippen molar-refractivity contribution < 1.29 is 22.1 Å². The first-order chi connectivity index (χ1) is 16.1. The Balaban J connectivity index is 1.82. The topological polar surface area (TPSA) is 94.1 Å². The maximum Gasteiger partial charge on any atom is 0.339 e. The monoisotopic (exact) mass is 584 g/mol. The van der Waals surface area contributed by atoms with Crippen LogP contribution in [0.3, 0.4) is 0 Å². The number of rotatable bonds is 8. The molecule has 11 heteroatoms. The minimum absolute atomic E-state index is 0.00319. The van der Waals surface area contributed by atoms with E-state index in [1.165, 1.54) is 30.5 Å². The Labute approximate surface area is 215 Å². The van der Waals surface area contributed by atoms with E-state index in [4.69, 9.17) is 32.1 Å². The number of halogens is 3. The molecular weight excluding hydrogens is 567 g/mol. The van der Waals surface area contributed by atoms with Gasteiger partial charge in [0.05, 0.1) is 27.9 Å². The van der Waals surface area contributed by atoms with Gasteiger partial charge < -0.3 is 8.92 Å². The number of amides is 1. The number of hydrogen-bond donors (Lipinski definition) is 1. The van der Waals surface area contributed by atoms with E-state index in [2.05, 4.69) is 26.5 Å². The van der Waals surface area contributed by atoms with Crippen molar-refractivity contribution in [2.75, 3.05) is 6.61 Å². The highest BCUT2D eigenvalue weighted by atomic mass is 79.9. The molecule has 0 aromatic heterocycles. The number of nitrogens with zero attached hydrogens (tertiary/aromatic N) is 1. The first-order valence-corrected chi connectivity index (χ1v) is 12.8. The van der Waals surface area contributed by atoms with Gasteiger partial charge in [0.1, 0.15) is 4.90 Å². The Kier molecular flexibility index (Phi) is 8.59. The summed E-state index contributed by atoms with van der Waals surface area (Å²) in [6.07, 6.45) is 1.37. The van der Waals surface area contributed by atoms with Gasteiger partial charge in [-0.2, -0.15) is 13.5 Å². The van der Waals surface area contributed by atoms with Crippen molar-refractivity contribution >= 4 is 61.4 Å². The van der Waals surface area contributed by atoms with Crippen molar-refractivity contribution in [3.05, 3.63) is 85.8 Å². The number of benzene rings is 3. The molecule has 0 fully saturated rings. The van der Waals surface area contributed by atoms with Gasteiger partial charge in [-0.05, 0) is 77.8 Å². The largest absolute Gasteiger partial charge is 0.490 e. The average Bonchev–Trinajstić information content (AvgIpc) is 2.76. The van der Waals surface area contributed by atoms with Gasteiger partial charge in [-0.1, -0.05) is 40.9 Å². The van der Waals surface area contributed by atoms with Crippen LogP contribution >= 0.6 is 39.1 Å². The molecule has 0 saturated carbocycles. The van der Waals surface area contributed by atoms with Crippen molar-refractivity contribution in [2.24, 2.45) is 5.10 Å². The molecule has 0 atom stereocenters. The minimum Gasteiger partial charge on any atom is -0.490 e. The first kappa shape index (κ1) is 26.0. The molecule has 34 heavy (non-hydrogen) atoms. The summed E-state index contributed by atoms with van der Waals surface area (Å²) in [7, 11) is -4.09. The third-order valence-electron chi connectivity index (χ3n) is 4.39. The van der Waals surface area contributed by atoms with Gasteiger partial charge in [0.25, 0.3) is 5.91 Å². The molecule has 3 aromatic rings. The Hall–Kier alpha value is -2.59. The number of aryl methyl sites for hydroxylation is 1. The SMILES string of the molecule is CCOc1cc(/C=N/NC(=O)c2ccc(Cl)cc2Cl)cc(Br)c1OS(=O)(=O)c1ccc(C)cc1. The standard InChI is InChI=1S/C23H19BrCl2N2O5S/c1-3-32-21-11-15(13-27-28-23(29)18-9-6-16(25)12-20(18)26)10-19(24)22(21)33-34(30,31)17-7-4-14(2)5-8-17/h4-13H,3H2,1-2H3,(H,28,29)/b27-13+. The molecule has 3 aromatic carbocycles. The number of hydrogen-bond acceptors (Lipinski definition) is 6. The van der Waals surface area contributed by atoms with E-state index < -0.39 is 16.0 Å². The lowest BCUT2D eigenvalue weighted by Crippen LogP contribution is -2.18. The van der Waals surface area contributed by atoms with Gasteiger partial charge in [0, 0.05) is 5.02 Å². The quantitative estimate of drug-likeness (QED) is 0.199. The smallest absolute Gasteiger partial charge is 0.339 e. The fraction of sp³-hybridized carbons (Fsp3) is 0.130. The predicted octanol–water partition coefficient (Wildman–Crippen LogP) is 5.99. The third-order valence-corrected chi connectivity index (χ3v) is 6.76. The van der Waals surface area contributed by atoms with E-state index >= 15 is 0 Å². The fourth-order valence-corrected chi connectivity index (χ4v) is 4.87. The molecule has 0 aliphatic rings. The molecule has 0 bridgehead atoms. The van der Waals surface area contributed by atoms with E-state index in [1.807, 2.05) is 6.92 Å². The Morgan fingerprint density at radius 2 is 1.82 bits per heavy atom. The second-order valence-corrected chi connectivity index (χ2v) is 10.2. The van der Waals surface area contributed by atoms with Crippen LogP contribution in [0.1, 0.15) is 28.4 Å². The van der Waals surface area contributed by atoms with Crippen LogP contribution in [0, 0.1) is 6.92 Å². The molecule has 178 valence electrons. The second kappa shape index (κ2) is 11.2. The molecule has 0 radical (unpaired) electrons. The molecule has 1 amide bonds. The van der Waals surface area contributed by atoms with Crippen LogP contribution in [0.5, 0.6) is 11.5 Å². The lowest BCUT2D eigenvalue weighted by Gasteiger charge is -2.14. The molecule has 3 rings (SSSR count). The summed E-state index contributed by atoms with van der Waals surface area (Å²) < 4.78 is 36.8. The lowest BCUT2D eigenvalue weighted by molar-refractivity contribution is 0.0955. The van der Waals surface area contributed by atoms with Gasteiger partial charge >= 0.3 is 10.1 Å². The van der Waals surface area contributed by atoms with Crippen molar-refractivity contribution in [3.63, 3.8) is 0 Å². The maximum absolute atomic E-state index is 12.7. The highest BCUT2D eigenvalue weighted by Crippen LogP contribution is 2.38. The van der Waals surface area contributed by atoms with E-state index in [0.717, 1.165) is 5.56 Å². The molecule has 0 unspecified atom stereocenters. The van der Waals surface area contributed by atoms with Gasteiger partial charge in [-0.3, -0.25) is 4.79 Å². The maximum atomic E-state index is 12.7. The average molecular weight is 586 g/mol. The van der Waals surface area contributed by atoms with Gasteiger partial charge in [0.15, 0.2) is 11.5 Å². The number of carbonyl (C=O) groups is 1.